The molecule has 0 spiro atoms. The second-order valence-corrected chi connectivity index (χ2v) is 4.55. The molecule has 2 rings (SSSR count). The molecule has 0 unspecified atom stereocenters. The molecule has 0 amide bonds. The van der Waals surface area contributed by atoms with Crippen LogP contribution in [0.25, 0.3) is 0 Å². The molecule has 0 aliphatic carbocycles. The van der Waals surface area contributed by atoms with Gasteiger partial charge >= 0.3 is 0 Å². The lowest BCUT2D eigenvalue weighted by atomic mass is 10.1. The molecule has 110 valence electrons. The largest absolute Gasteiger partial charge is 0.497 e. The topological polar surface area (TPSA) is 90.4 Å². The van der Waals surface area contributed by atoms with E-state index in [1.165, 1.54) is 17.7 Å². The Kier molecular flexibility index (Phi) is 4.61. The number of anilines is 2. The number of nitrogens with two attached hydrogens (primary N) is 1. The zero-order valence-corrected chi connectivity index (χ0v) is 11.7. The first-order valence-corrected chi connectivity index (χ1v) is 6.51. The first-order chi connectivity index (χ1) is 10.1. The van der Waals surface area contributed by atoms with Crippen LogP contribution in [0.4, 0.5) is 17.1 Å². The van der Waals surface area contributed by atoms with Crippen LogP contribution in [-0.2, 0) is 6.42 Å². The maximum Gasteiger partial charge on any atom is 0.271 e. The van der Waals surface area contributed by atoms with Crippen molar-refractivity contribution in [3.05, 3.63) is 58.1 Å². The molecular weight excluding hydrogens is 270 g/mol. The SMILES string of the molecule is COc1ccc(CCNc2ccc([N+](=O)[O-])cc2N)cc1. The normalized spacial score (nSPS) is 10.1. The Morgan fingerprint density at radius 2 is 1.95 bits per heavy atom. The summed E-state index contributed by atoms with van der Waals surface area (Å²) < 4.78 is 5.10. The Balaban J connectivity index is 1.92. The minimum atomic E-state index is -0.461. The quantitative estimate of drug-likeness (QED) is 0.484. The summed E-state index contributed by atoms with van der Waals surface area (Å²) in [6.07, 6.45) is 0.820. The van der Waals surface area contributed by atoms with Gasteiger partial charge in [-0.1, -0.05) is 12.1 Å². The fourth-order valence-corrected chi connectivity index (χ4v) is 1.96. The Morgan fingerprint density at radius 3 is 2.52 bits per heavy atom. The minimum absolute atomic E-state index is 0.00629. The Labute approximate surface area is 122 Å². The molecule has 0 saturated heterocycles. The number of hydrogen-bond donors (Lipinski definition) is 2. The third kappa shape index (κ3) is 3.85. The van der Waals surface area contributed by atoms with Crippen molar-refractivity contribution in [2.75, 3.05) is 24.7 Å². The van der Waals surface area contributed by atoms with E-state index in [1.807, 2.05) is 24.3 Å². The highest BCUT2D eigenvalue weighted by atomic mass is 16.6. The van der Waals surface area contributed by atoms with Crippen molar-refractivity contribution in [1.29, 1.82) is 0 Å². The van der Waals surface area contributed by atoms with Crippen LogP contribution >= 0.6 is 0 Å². The number of nitrogens with zero attached hydrogens (tertiary/aromatic N) is 1. The van der Waals surface area contributed by atoms with Crippen molar-refractivity contribution < 1.29 is 9.66 Å². The summed E-state index contributed by atoms with van der Waals surface area (Å²) in [4.78, 5) is 10.2. The van der Waals surface area contributed by atoms with E-state index in [1.54, 1.807) is 13.2 Å². The van der Waals surface area contributed by atoms with E-state index >= 15 is 0 Å². The van der Waals surface area contributed by atoms with Gasteiger partial charge in [0.15, 0.2) is 0 Å². The van der Waals surface area contributed by atoms with Gasteiger partial charge < -0.3 is 15.8 Å². The monoisotopic (exact) mass is 287 g/mol. The first-order valence-electron chi connectivity index (χ1n) is 6.51. The number of hydrogen-bond acceptors (Lipinski definition) is 5. The Morgan fingerprint density at radius 1 is 1.24 bits per heavy atom. The van der Waals surface area contributed by atoms with Gasteiger partial charge in [-0.2, -0.15) is 0 Å². The van der Waals surface area contributed by atoms with Gasteiger partial charge in [-0.25, -0.2) is 0 Å². The molecule has 0 fully saturated rings. The van der Waals surface area contributed by atoms with E-state index in [4.69, 9.17) is 10.5 Å². The van der Waals surface area contributed by atoms with Gasteiger partial charge in [0.25, 0.3) is 5.69 Å². The number of nitrogens with one attached hydrogen (secondary N) is 1. The lowest BCUT2D eigenvalue weighted by molar-refractivity contribution is -0.384. The molecule has 0 aromatic heterocycles. The summed E-state index contributed by atoms with van der Waals surface area (Å²) in [5.74, 6) is 0.825. The van der Waals surface area contributed by atoms with Crippen LogP contribution in [0.3, 0.4) is 0 Å². The van der Waals surface area contributed by atoms with E-state index in [9.17, 15) is 10.1 Å². The number of ether oxygens (including phenoxy) is 1. The first kappa shape index (κ1) is 14.6. The third-order valence-corrected chi connectivity index (χ3v) is 3.13. The zero-order valence-electron chi connectivity index (χ0n) is 11.7. The number of nitro benzene ring substituents is 1. The maximum absolute atomic E-state index is 10.6. The van der Waals surface area contributed by atoms with Crippen LogP contribution in [0.2, 0.25) is 0 Å². The van der Waals surface area contributed by atoms with E-state index in [0.717, 1.165) is 12.2 Å². The second-order valence-electron chi connectivity index (χ2n) is 4.55. The minimum Gasteiger partial charge on any atom is -0.497 e. The average Bonchev–Trinajstić information content (AvgIpc) is 2.49. The zero-order chi connectivity index (χ0) is 15.2. The molecule has 6 heteroatoms. The molecule has 0 radical (unpaired) electrons. The second kappa shape index (κ2) is 6.60. The molecule has 21 heavy (non-hydrogen) atoms. The molecule has 6 nitrogen and oxygen atoms in total. The third-order valence-electron chi connectivity index (χ3n) is 3.13. The number of rotatable bonds is 6. The lowest BCUT2D eigenvalue weighted by Crippen LogP contribution is -2.07. The highest BCUT2D eigenvalue weighted by molar-refractivity contribution is 5.69. The molecule has 2 aromatic rings. The van der Waals surface area contributed by atoms with Crippen LogP contribution in [0, 0.1) is 10.1 Å². The molecular formula is C15H17N3O3. The van der Waals surface area contributed by atoms with Crippen molar-refractivity contribution in [3.8, 4) is 5.75 Å². The van der Waals surface area contributed by atoms with E-state index < -0.39 is 4.92 Å². The van der Waals surface area contributed by atoms with Gasteiger partial charge in [0.2, 0.25) is 0 Å². The van der Waals surface area contributed by atoms with Crippen LogP contribution < -0.4 is 15.8 Å². The summed E-state index contributed by atoms with van der Waals surface area (Å²) in [5.41, 5.74) is 8.03. The molecule has 2 aromatic carbocycles. The molecule has 0 bridgehead atoms. The molecule has 0 aliphatic rings. The van der Waals surface area contributed by atoms with Gasteiger partial charge in [0.05, 0.1) is 23.4 Å². The van der Waals surface area contributed by atoms with Gasteiger partial charge in [-0.3, -0.25) is 10.1 Å². The smallest absolute Gasteiger partial charge is 0.271 e. The molecule has 0 heterocycles. The molecule has 3 N–H and O–H groups in total. The number of nitro groups is 1. The Bertz CT molecular complexity index is 627. The summed E-state index contributed by atoms with van der Waals surface area (Å²) >= 11 is 0. The van der Waals surface area contributed by atoms with Crippen LogP contribution in [0.1, 0.15) is 5.56 Å². The van der Waals surface area contributed by atoms with Crippen molar-refractivity contribution in [2.24, 2.45) is 0 Å². The summed E-state index contributed by atoms with van der Waals surface area (Å²) in [6.45, 7) is 0.689. The van der Waals surface area contributed by atoms with Crippen molar-refractivity contribution >= 4 is 17.1 Å². The number of benzene rings is 2. The van der Waals surface area contributed by atoms with Gasteiger partial charge in [0.1, 0.15) is 5.75 Å². The number of non-ortho nitro benzene ring substituents is 1. The van der Waals surface area contributed by atoms with Gasteiger partial charge in [-0.05, 0) is 30.2 Å². The highest BCUT2D eigenvalue weighted by Gasteiger charge is 2.08. The summed E-state index contributed by atoms with van der Waals surface area (Å²) in [7, 11) is 1.63. The van der Waals surface area contributed by atoms with Crippen molar-refractivity contribution in [1.82, 2.24) is 0 Å². The van der Waals surface area contributed by atoms with Crippen LogP contribution in [0.5, 0.6) is 5.75 Å². The Hall–Kier alpha value is -2.76. The van der Waals surface area contributed by atoms with Crippen LogP contribution in [0.15, 0.2) is 42.5 Å². The fourth-order valence-electron chi connectivity index (χ4n) is 1.96. The fraction of sp³-hybridized carbons (Fsp3) is 0.200. The average molecular weight is 287 g/mol. The van der Waals surface area contributed by atoms with Crippen molar-refractivity contribution in [3.63, 3.8) is 0 Å². The summed E-state index contributed by atoms with van der Waals surface area (Å²) in [5, 5.41) is 13.8. The van der Waals surface area contributed by atoms with E-state index in [2.05, 4.69) is 5.32 Å². The van der Waals surface area contributed by atoms with E-state index in [-0.39, 0.29) is 5.69 Å². The van der Waals surface area contributed by atoms with Gasteiger partial charge in [0, 0.05) is 18.7 Å². The molecule has 0 aliphatic heterocycles. The maximum atomic E-state index is 10.6. The molecule has 0 atom stereocenters. The lowest BCUT2D eigenvalue weighted by Gasteiger charge is -2.09. The highest BCUT2D eigenvalue weighted by Crippen LogP contribution is 2.24. The van der Waals surface area contributed by atoms with Crippen molar-refractivity contribution in [2.45, 2.75) is 6.42 Å². The summed E-state index contributed by atoms with van der Waals surface area (Å²) in [6, 6.07) is 12.2. The van der Waals surface area contributed by atoms with E-state index in [0.29, 0.717) is 17.9 Å². The number of nitrogen functional groups attached to an aromatic ring is 1. The number of methoxy groups -OCH3 is 1. The molecule has 0 saturated carbocycles. The van der Waals surface area contributed by atoms with Gasteiger partial charge in [-0.15, -0.1) is 0 Å². The van der Waals surface area contributed by atoms with Crippen LogP contribution in [-0.4, -0.2) is 18.6 Å². The standard InChI is InChI=1S/C15H17N3O3/c1-21-13-5-2-11(3-6-13)8-9-17-15-7-4-12(18(19)20)10-14(15)16/h2-7,10,17H,8-9,16H2,1H3. The predicted molar refractivity (Wildman–Crippen MR) is 82.7 cm³/mol. The predicted octanol–water partition coefficient (Wildman–Crippen LogP) is 2.84.